The molecule has 4 aromatic carbocycles. The molecule has 4 aromatic rings. The molecule has 0 saturated carbocycles. The van der Waals surface area contributed by atoms with E-state index in [-0.39, 0.29) is 19.2 Å². The van der Waals surface area contributed by atoms with E-state index in [9.17, 15) is 14.4 Å². The first-order valence-electron chi connectivity index (χ1n) is 12.9. The van der Waals surface area contributed by atoms with E-state index in [1.165, 1.54) is 0 Å². The first-order valence-corrected chi connectivity index (χ1v) is 12.9. The summed E-state index contributed by atoms with van der Waals surface area (Å²) in [6.45, 7) is 0.656. The Morgan fingerprint density at radius 3 is 2.20 bits per heavy atom. The van der Waals surface area contributed by atoms with Gasteiger partial charge in [0.05, 0.1) is 0 Å². The fraction of sp³-hybridized carbons (Fsp3) is 0.156. The number of carboxylic acid groups (broad SMARTS) is 1. The number of hydrogen-bond donors (Lipinski definition) is 3. The average Bonchev–Trinajstić information content (AvgIpc) is 3.45. The number of fused-ring (bicyclic) bond motifs is 1. The van der Waals surface area contributed by atoms with E-state index in [2.05, 4.69) is 47.0 Å². The Labute approximate surface area is 231 Å². The Morgan fingerprint density at radius 2 is 1.43 bits per heavy atom. The van der Waals surface area contributed by atoms with Crippen molar-refractivity contribution in [2.45, 2.75) is 19.4 Å². The molecule has 0 saturated heterocycles. The maximum absolute atomic E-state index is 13.2. The van der Waals surface area contributed by atoms with Crippen molar-refractivity contribution in [2.24, 2.45) is 0 Å². The quantitative estimate of drug-likeness (QED) is 0.274. The highest BCUT2D eigenvalue weighted by atomic mass is 16.7. The molecule has 1 heterocycles. The van der Waals surface area contributed by atoms with Crippen LogP contribution >= 0.6 is 0 Å². The molecular weight excluding hydrogens is 508 g/mol. The summed E-state index contributed by atoms with van der Waals surface area (Å²) >= 11 is 0. The van der Waals surface area contributed by atoms with Gasteiger partial charge in [0.25, 0.3) is 5.91 Å². The summed E-state index contributed by atoms with van der Waals surface area (Å²) in [5.41, 5.74) is 6.26. The van der Waals surface area contributed by atoms with E-state index in [1.54, 1.807) is 12.1 Å². The SMILES string of the molecule is O=C(O)C(=O)NCc1ccc(C(=O)NCCc2ccc(-c3ccccc3)cc2)c(Cc2ccc3c(c2)OCO3)c1. The Hall–Kier alpha value is -5.11. The Kier molecular flexibility index (Phi) is 8.06. The van der Waals surface area contributed by atoms with Gasteiger partial charge >= 0.3 is 11.9 Å². The summed E-state index contributed by atoms with van der Waals surface area (Å²) in [5.74, 6) is -1.53. The molecule has 0 spiro atoms. The Morgan fingerprint density at radius 1 is 0.725 bits per heavy atom. The molecule has 8 heteroatoms. The molecule has 2 amide bonds. The van der Waals surface area contributed by atoms with Gasteiger partial charge in [-0.1, -0.05) is 72.8 Å². The minimum absolute atomic E-state index is 0.0279. The lowest BCUT2D eigenvalue weighted by molar-refractivity contribution is -0.150. The standard InChI is InChI=1S/C32H28N2O6/c35-30(33-15-14-21-6-10-25(11-7-21)24-4-2-1-3-5-24)27-12-8-23(19-34-31(36)32(37)38)17-26(27)16-22-9-13-28-29(18-22)40-20-39-28/h1-13,17-18H,14-16,19-20H2,(H,33,35)(H,34,36)(H,37,38). The van der Waals surface area contributed by atoms with Gasteiger partial charge in [-0.05, 0) is 64.4 Å². The molecule has 3 N–H and O–H groups in total. The summed E-state index contributed by atoms with van der Waals surface area (Å²) in [5, 5.41) is 14.2. The van der Waals surface area contributed by atoms with E-state index in [4.69, 9.17) is 14.6 Å². The van der Waals surface area contributed by atoms with Gasteiger partial charge in [-0.3, -0.25) is 9.59 Å². The molecule has 8 nitrogen and oxygen atoms in total. The zero-order valence-corrected chi connectivity index (χ0v) is 21.7. The highest BCUT2D eigenvalue weighted by Crippen LogP contribution is 2.33. The number of carboxylic acids is 1. The molecule has 5 rings (SSSR count). The van der Waals surface area contributed by atoms with Crippen LogP contribution in [0.15, 0.2) is 91.0 Å². The molecule has 0 unspecified atom stereocenters. The van der Waals surface area contributed by atoms with E-state index in [0.29, 0.717) is 42.0 Å². The van der Waals surface area contributed by atoms with Crippen LogP contribution in [0.1, 0.15) is 32.6 Å². The normalized spacial score (nSPS) is 11.6. The van der Waals surface area contributed by atoms with Crippen LogP contribution in [-0.2, 0) is 29.0 Å². The molecule has 0 atom stereocenters. The monoisotopic (exact) mass is 536 g/mol. The molecule has 0 aromatic heterocycles. The van der Waals surface area contributed by atoms with Crippen molar-refractivity contribution in [1.29, 1.82) is 0 Å². The summed E-state index contributed by atoms with van der Waals surface area (Å²) in [6, 6.07) is 29.3. The molecule has 1 aliphatic rings. The fourth-order valence-electron chi connectivity index (χ4n) is 4.56. The zero-order valence-electron chi connectivity index (χ0n) is 21.7. The third-order valence-electron chi connectivity index (χ3n) is 6.65. The molecule has 0 bridgehead atoms. The van der Waals surface area contributed by atoms with Crippen molar-refractivity contribution in [3.8, 4) is 22.6 Å². The van der Waals surface area contributed by atoms with Crippen LogP contribution in [0.25, 0.3) is 11.1 Å². The molecule has 0 radical (unpaired) electrons. The number of benzene rings is 4. The summed E-state index contributed by atoms with van der Waals surface area (Å²) in [6.07, 6.45) is 1.11. The Balaban J connectivity index is 1.27. The molecule has 40 heavy (non-hydrogen) atoms. The molecule has 0 aliphatic carbocycles. The first-order chi connectivity index (χ1) is 19.5. The highest BCUT2D eigenvalue weighted by molar-refractivity contribution is 6.31. The molecule has 202 valence electrons. The van der Waals surface area contributed by atoms with Gasteiger partial charge in [0.15, 0.2) is 11.5 Å². The summed E-state index contributed by atoms with van der Waals surface area (Å²) < 4.78 is 10.9. The largest absolute Gasteiger partial charge is 0.474 e. The number of carbonyl (C=O) groups is 3. The number of nitrogens with one attached hydrogen (secondary N) is 2. The van der Waals surface area contributed by atoms with Gasteiger partial charge in [0.2, 0.25) is 6.79 Å². The summed E-state index contributed by atoms with van der Waals surface area (Å²) in [4.78, 5) is 35.6. The smallest absolute Gasteiger partial charge is 0.394 e. The van der Waals surface area contributed by atoms with E-state index >= 15 is 0 Å². The van der Waals surface area contributed by atoms with E-state index in [0.717, 1.165) is 27.8 Å². The maximum atomic E-state index is 13.2. The first kappa shape index (κ1) is 26.5. The lowest BCUT2D eigenvalue weighted by Crippen LogP contribution is -2.30. The zero-order chi connectivity index (χ0) is 27.9. The van der Waals surface area contributed by atoms with Gasteiger partial charge in [-0.15, -0.1) is 0 Å². The third kappa shape index (κ3) is 6.47. The van der Waals surface area contributed by atoms with Gasteiger partial charge in [0.1, 0.15) is 0 Å². The highest BCUT2D eigenvalue weighted by Gasteiger charge is 2.17. The summed E-state index contributed by atoms with van der Waals surface area (Å²) in [7, 11) is 0. The number of aliphatic carboxylic acids is 1. The maximum Gasteiger partial charge on any atom is 0.394 e. The van der Waals surface area contributed by atoms with Crippen molar-refractivity contribution in [3.05, 3.63) is 119 Å². The second-order valence-corrected chi connectivity index (χ2v) is 9.41. The predicted octanol–water partition coefficient (Wildman–Crippen LogP) is 4.35. The van der Waals surface area contributed by atoms with Gasteiger partial charge < -0.3 is 25.2 Å². The second kappa shape index (κ2) is 12.2. The minimum Gasteiger partial charge on any atom is -0.474 e. The number of carbonyl (C=O) groups excluding carboxylic acids is 2. The van der Waals surface area contributed by atoms with Crippen LogP contribution in [0.5, 0.6) is 11.5 Å². The lowest BCUT2D eigenvalue weighted by Gasteiger charge is -2.13. The van der Waals surface area contributed by atoms with Crippen LogP contribution in [-0.4, -0.2) is 36.2 Å². The van der Waals surface area contributed by atoms with Crippen molar-refractivity contribution in [2.75, 3.05) is 13.3 Å². The number of amides is 2. The number of rotatable bonds is 9. The van der Waals surface area contributed by atoms with Crippen molar-refractivity contribution < 1.29 is 29.0 Å². The fourth-order valence-corrected chi connectivity index (χ4v) is 4.56. The van der Waals surface area contributed by atoms with Gasteiger partial charge in [-0.2, -0.15) is 0 Å². The molecule has 0 fully saturated rings. The minimum atomic E-state index is -1.55. The number of hydrogen-bond acceptors (Lipinski definition) is 5. The third-order valence-corrected chi connectivity index (χ3v) is 6.65. The molecular formula is C32H28N2O6. The van der Waals surface area contributed by atoms with Crippen LogP contribution < -0.4 is 20.1 Å². The lowest BCUT2D eigenvalue weighted by atomic mass is 9.96. The van der Waals surface area contributed by atoms with E-state index < -0.39 is 11.9 Å². The predicted molar refractivity (Wildman–Crippen MR) is 149 cm³/mol. The van der Waals surface area contributed by atoms with Crippen molar-refractivity contribution >= 4 is 17.8 Å². The van der Waals surface area contributed by atoms with Gasteiger partial charge in [-0.25, -0.2) is 4.79 Å². The van der Waals surface area contributed by atoms with Crippen LogP contribution in [0.2, 0.25) is 0 Å². The van der Waals surface area contributed by atoms with Crippen LogP contribution in [0.3, 0.4) is 0 Å². The Bertz CT molecular complexity index is 1530. The molecule has 1 aliphatic heterocycles. The second-order valence-electron chi connectivity index (χ2n) is 9.41. The van der Waals surface area contributed by atoms with Crippen LogP contribution in [0.4, 0.5) is 0 Å². The van der Waals surface area contributed by atoms with Crippen molar-refractivity contribution in [1.82, 2.24) is 10.6 Å². The van der Waals surface area contributed by atoms with E-state index in [1.807, 2.05) is 42.5 Å². The van der Waals surface area contributed by atoms with Crippen molar-refractivity contribution in [3.63, 3.8) is 0 Å². The van der Waals surface area contributed by atoms with Crippen LogP contribution in [0, 0.1) is 0 Å². The topological polar surface area (TPSA) is 114 Å². The number of ether oxygens (including phenoxy) is 2. The van der Waals surface area contributed by atoms with Gasteiger partial charge in [0, 0.05) is 18.7 Å². The average molecular weight is 537 g/mol.